The van der Waals surface area contributed by atoms with E-state index in [1.807, 2.05) is 0 Å². The molecule has 0 fully saturated rings. The van der Waals surface area contributed by atoms with Crippen molar-refractivity contribution in [2.45, 2.75) is 0 Å². The van der Waals surface area contributed by atoms with Crippen LogP contribution in [0, 0.1) is 0 Å². The number of hydrogen-bond acceptors (Lipinski definition) is 5. The first-order valence-electron chi connectivity index (χ1n) is 7.11. The molecule has 0 saturated carbocycles. The molecule has 0 atom stereocenters. The fourth-order valence-electron chi connectivity index (χ4n) is 2.21. The molecule has 2 radical (unpaired) electrons. The Morgan fingerprint density at radius 1 is 1.04 bits per heavy atom. The number of rotatable bonds is 6. The molecule has 0 aliphatic heterocycles. The summed E-state index contributed by atoms with van der Waals surface area (Å²) >= 11 is 0. The highest BCUT2D eigenvalue weighted by Crippen LogP contribution is 2.38. The molecule has 0 spiro atoms. The monoisotopic (exact) mass is 324 g/mol. The van der Waals surface area contributed by atoms with Crippen LogP contribution in [-0.4, -0.2) is 40.1 Å². The normalized spacial score (nSPS) is 10.6. The van der Waals surface area contributed by atoms with Crippen LogP contribution >= 0.6 is 0 Å². The molecule has 5 nitrogen and oxygen atoms in total. The van der Waals surface area contributed by atoms with Crippen molar-refractivity contribution in [3.05, 3.63) is 47.5 Å². The van der Waals surface area contributed by atoms with Crippen LogP contribution in [0.2, 0.25) is 0 Å². The summed E-state index contributed by atoms with van der Waals surface area (Å²) < 4.78 is 15.8. The van der Waals surface area contributed by atoms with Gasteiger partial charge in [0.05, 0.1) is 26.9 Å². The van der Waals surface area contributed by atoms with E-state index in [0.717, 1.165) is 0 Å². The Kier molecular flexibility index (Phi) is 5.53. The third-order valence-electron chi connectivity index (χ3n) is 3.40. The lowest BCUT2D eigenvalue weighted by atomic mass is 9.92. The number of benzene rings is 2. The summed E-state index contributed by atoms with van der Waals surface area (Å²) in [5.74, 6) is 0.945. The van der Waals surface area contributed by atoms with Gasteiger partial charge in [0.2, 0.25) is 5.75 Å². The SMILES string of the molecule is [B]c1ccc(O)c(C(=O)/C=C/c2cc(OC)c(OC)c(OC)c2)c1. The summed E-state index contributed by atoms with van der Waals surface area (Å²) in [4.78, 5) is 12.2. The fraction of sp³-hybridized carbons (Fsp3) is 0.167. The number of allylic oxidation sites excluding steroid dienone is 1. The summed E-state index contributed by atoms with van der Waals surface area (Å²) in [6, 6.07) is 7.76. The van der Waals surface area contributed by atoms with Crippen LogP contribution in [0.1, 0.15) is 15.9 Å². The van der Waals surface area contributed by atoms with Crippen LogP contribution in [0.25, 0.3) is 6.08 Å². The zero-order chi connectivity index (χ0) is 17.7. The van der Waals surface area contributed by atoms with Gasteiger partial charge in [-0.3, -0.25) is 4.79 Å². The zero-order valence-corrected chi connectivity index (χ0v) is 13.7. The van der Waals surface area contributed by atoms with Crippen LogP contribution in [0.4, 0.5) is 0 Å². The molecule has 2 rings (SSSR count). The summed E-state index contributed by atoms with van der Waals surface area (Å²) in [7, 11) is 10.2. The molecule has 0 heterocycles. The lowest BCUT2D eigenvalue weighted by molar-refractivity contribution is 0.104. The lowest BCUT2D eigenvalue weighted by Crippen LogP contribution is -2.06. The van der Waals surface area contributed by atoms with Crippen molar-refractivity contribution in [1.29, 1.82) is 0 Å². The van der Waals surface area contributed by atoms with E-state index in [4.69, 9.17) is 22.1 Å². The Bertz CT molecular complexity index is 758. The van der Waals surface area contributed by atoms with Crippen molar-refractivity contribution in [3.8, 4) is 23.0 Å². The lowest BCUT2D eigenvalue weighted by Gasteiger charge is -2.12. The van der Waals surface area contributed by atoms with Gasteiger partial charge >= 0.3 is 0 Å². The van der Waals surface area contributed by atoms with Crippen LogP contribution in [0.3, 0.4) is 0 Å². The summed E-state index contributed by atoms with van der Waals surface area (Å²) in [6.45, 7) is 0. The highest BCUT2D eigenvalue weighted by Gasteiger charge is 2.13. The minimum absolute atomic E-state index is 0.122. The van der Waals surface area contributed by atoms with Gasteiger partial charge in [0, 0.05) is 0 Å². The number of carbonyl (C=O) groups excluding carboxylic acids is 1. The van der Waals surface area contributed by atoms with Crippen molar-refractivity contribution in [1.82, 2.24) is 0 Å². The van der Waals surface area contributed by atoms with Gasteiger partial charge in [-0.25, -0.2) is 0 Å². The summed E-state index contributed by atoms with van der Waals surface area (Å²) in [5.41, 5.74) is 1.22. The first-order valence-corrected chi connectivity index (χ1v) is 7.11. The van der Waals surface area contributed by atoms with E-state index in [2.05, 4.69) is 0 Å². The number of hydrogen-bond donors (Lipinski definition) is 1. The second kappa shape index (κ2) is 7.59. The van der Waals surface area contributed by atoms with Gasteiger partial charge < -0.3 is 19.3 Å². The van der Waals surface area contributed by atoms with Gasteiger partial charge in [-0.05, 0) is 29.8 Å². The quantitative estimate of drug-likeness (QED) is 0.501. The molecule has 122 valence electrons. The molecule has 6 heteroatoms. The maximum Gasteiger partial charge on any atom is 0.203 e. The molecular weight excluding hydrogens is 307 g/mol. The van der Waals surface area contributed by atoms with Crippen LogP contribution in [-0.2, 0) is 0 Å². The summed E-state index contributed by atoms with van der Waals surface area (Å²) in [5, 5.41) is 9.77. The van der Waals surface area contributed by atoms with Crippen molar-refractivity contribution in [2.24, 2.45) is 0 Å². The molecule has 0 amide bonds. The van der Waals surface area contributed by atoms with Crippen molar-refractivity contribution >= 4 is 25.2 Å². The largest absolute Gasteiger partial charge is 0.507 e. The van der Waals surface area contributed by atoms with E-state index >= 15 is 0 Å². The van der Waals surface area contributed by atoms with Gasteiger partial charge in [-0.1, -0.05) is 23.7 Å². The van der Waals surface area contributed by atoms with Gasteiger partial charge in [0.15, 0.2) is 17.3 Å². The van der Waals surface area contributed by atoms with Crippen molar-refractivity contribution in [3.63, 3.8) is 0 Å². The third-order valence-corrected chi connectivity index (χ3v) is 3.40. The maximum absolute atomic E-state index is 12.2. The van der Waals surface area contributed by atoms with Crippen molar-refractivity contribution in [2.75, 3.05) is 21.3 Å². The average molecular weight is 324 g/mol. The standard InChI is InChI=1S/C18H17BO5/c1-22-16-8-11(9-17(23-2)18(16)24-3)4-6-14(20)13-10-12(19)5-7-15(13)21/h4-10,21H,1-3H3/b6-4+. The van der Waals surface area contributed by atoms with E-state index < -0.39 is 0 Å². The van der Waals surface area contributed by atoms with E-state index in [0.29, 0.717) is 28.3 Å². The summed E-state index contributed by atoms with van der Waals surface area (Å²) in [6.07, 6.45) is 2.94. The minimum atomic E-state index is -0.367. The zero-order valence-electron chi connectivity index (χ0n) is 13.7. The molecule has 0 saturated heterocycles. The predicted octanol–water partition coefficient (Wildman–Crippen LogP) is 2.11. The predicted molar refractivity (Wildman–Crippen MR) is 93.0 cm³/mol. The van der Waals surface area contributed by atoms with Gasteiger partial charge in [0.1, 0.15) is 13.6 Å². The first-order chi connectivity index (χ1) is 11.5. The van der Waals surface area contributed by atoms with E-state index in [9.17, 15) is 9.90 Å². The Labute approximate surface area is 141 Å². The molecule has 0 aliphatic carbocycles. The maximum atomic E-state index is 12.2. The van der Waals surface area contributed by atoms with Gasteiger partial charge in [0.25, 0.3) is 0 Å². The molecule has 0 aliphatic rings. The fourth-order valence-corrected chi connectivity index (χ4v) is 2.21. The highest BCUT2D eigenvalue weighted by molar-refractivity contribution is 6.33. The molecule has 2 aromatic carbocycles. The molecule has 24 heavy (non-hydrogen) atoms. The van der Waals surface area contributed by atoms with E-state index in [1.54, 1.807) is 18.2 Å². The number of phenolic OH excluding ortho intramolecular Hbond substituents is 1. The molecule has 1 N–H and O–H groups in total. The smallest absolute Gasteiger partial charge is 0.203 e. The van der Waals surface area contributed by atoms with Gasteiger partial charge in [-0.15, -0.1) is 0 Å². The number of aromatic hydroxyl groups is 1. The highest BCUT2D eigenvalue weighted by atomic mass is 16.5. The first kappa shape index (κ1) is 17.5. The molecule has 0 aromatic heterocycles. The third kappa shape index (κ3) is 3.71. The Morgan fingerprint density at radius 2 is 1.67 bits per heavy atom. The Morgan fingerprint density at radius 3 is 2.21 bits per heavy atom. The minimum Gasteiger partial charge on any atom is -0.507 e. The van der Waals surface area contributed by atoms with Gasteiger partial charge in [-0.2, -0.15) is 0 Å². The molecular formula is C18H17BO5. The number of ether oxygens (including phenoxy) is 3. The average Bonchev–Trinajstić information content (AvgIpc) is 2.60. The number of carbonyl (C=O) groups is 1. The van der Waals surface area contributed by atoms with Crippen molar-refractivity contribution < 1.29 is 24.1 Å². The molecule has 0 bridgehead atoms. The Hall–Kier alpha value is -2.89. The second-order valence-corrected chi connectivity index (χ2v) is 4.93. The second-order valence-electron chi connectivity index (χ2n) is 4.93. The van der Waals surface area contributed by atoms with Crippen LogP contribution in [0.5, 0.6) is 23.0 Å². The van der Waals surface area contributed by atoms with Crippen LogP contribution < -0.4 is 19.7 Å². The van der Waals surface area contributed by atoms with Crippen LogP contribution in [0.15, 0.2) is 36.4 Å². The van der Waals surface area contributed by atoms with E-state index in [-0.39, 0.29) is 17.1 Å². The molecule has 0 unspecified atom stereocenters. The number of methoxy groups -OCH3 is 3. The Balaban J connectivity index is 2.34. The number of phenols is 1. The topological polar surface area (TPSA) is 65.0 Å². The molecule has 2 aromatic rings. The number of ketones is 1. The van der Waals surface area contributed by atoms with E-state index in [1.165, 1.54) is 45.6 Å².